The van der Waals surface area contributed by atoms with Crippen LogP contribution in [0, 0.1) is 12.3 Å². The monoisotopic (exact) mass is 343 g/mol. The Morgan fingerprint density at radius 3 is 2.80 bits per heavy atom. The number of carbonyl (C=O) groups excluding carboxylic acids is 1. The highest BCUT2D eigenvalue weighted by molar-refractivity contribution is 5.90. The van der Waals surface area contributed by atoms with Crippen molar-refractivity contribution in [2.24, 2.45) is 10.4 Å². The predicted molar refractivity (Wildman–Crippen MR) is 101 cm³/mol. The van der Waals surface area contributed by atoms with Crippen molar-refractivity contribution in [1.82, 2.24) is 15.2 Å². The Balaban J connectivity index is 1.42. The fraction of sp³-hybridized carbons (Fsp3) is 0.632. The second-order valence-electron chi connectivity index (χ2n) is 7.37. The van der Waals surface area contributed by atoms with E-state index in [-0.39, 0.29) is 5.91 Å². The predicted octanol–water partition coefficient (Wildman–Crippen LogP) is 2.56. The molecule has 1 aromatic heterocycles. The quantitative estimate of drug-likeness (QED) is 0.651. The lowest BCUT2D eigenvalue weighted by molar-refractivity contribution is -0.116. The van der Waals surface area contributed by atoms with Crippen LogP contribution < -0.4 is 10.6 Å². The van der Waals surface area contributed by atoms with Crippen molar-refractivity contribution in [2.75, 3.05) is 32.0 Å². The molecule has 1 aromatic rings. The number of nitrogens with one attached hydrogen (secondary N) is 2. The number of aliphatic imine (C=N–C) groups is 1. The van der Waals surface area contributed by atoms with Crippen LogP contribution in [0.25, 0.3) is 0 Å². The standard InChI is InChI=1S/C19H29N5O/c1-15-5-6-16(22-13-15)23-17(25)7-11-21-18(20-2)24-12-10-19(14-24)8-3-4-9-19/h5-6,13H,3-4,7-12,14H2,1-2H3,(H,20,21)(H,22,23,25). The van der Waals surface area contributed by atoms with E-state index in [2.05, 4.69) is 25.5 Å². The van der Waals surface area contributed by atoms with Gasteiger partial charge < -0.3 is 15.5 Å². The molecule has 0 bridgehead atoms. The normalized spacial score (nSPS) is 19.4. The first-order valence-corrected chi connectivity index (χ1v) is 9.28. The molecule has 1 spiro atoms. The number of carbonyl (C=O) groups is 1. The van der Waals surface area contributed by atoms with Crippen LogP contribution >= 0.6 is 0 Å². The van der Waals surface area contributed by atoms with Crippen LogP contribution in [-0.2, 0) is 4.79 Å². The molecule has 2 aliphatic rings. The summed E-state index contributed by atoms with van der Waals surface area (Å²) in [5.74, 6) is 1.49. The second-order valence-corrected chi connectivity index (χ2v) is 7.37. The zero-order chi connectivity index (χ0) is 17.7. The smallest absolute Gasteiger partial charge is 0.227 e. The third kappa shape index (κ3) is 4.50. The topological polar surface area (TPSA) is 69.6 Å². The Kier molecular flexibility index (Phi) is 5.56. The molecule has 0 atom stereocenters. The molecule has 0 aromatic carbocycles. The van der Waals surface area contributed by atoms with Crippen molar-refractivity contribution in [3.63, 3.8) is 0 Å². The summed E-state index contributed by atoms with van der Waals surface area (Å²) in [4.78, 5) is 23.0. The SMILES string of the molecule is CN=C(NCCC(=O)Nc1ccc(C)cn1)N1CCC2(CCCC2)C1. The van der Waals surface area contributed by atoms with Gasteiger partial charge in [0.05, 0.1) is 0 Å². The van der Waals surface area contributed by atoms with Gasteiger partial charge >= 0.3 is 0 Å². The molecule has 2 heterocycles. The summed E-state index contributed by atoms with van der Waals surface area (Å²) in [7, 11) is 1.82. The molecule has 0 unspecified atom stereocenters. The number of pyridine rings is 1. The number of nitrogens with zero attached hydrogens (tertiary/aromatic N) is 3. The summed E-state index contributed by atoms with van der Waals surface area (Å²) in [6, 6.07) is 3.76. The number of hydrogen-bond donors (Lipinski definition) is 2. The van der Waals surface area contributed by atoms with Crippen molar-refractivity contribution in [3.8, 4) is 0 Å². The van der Waals surface area contributed by atoms with Gasteiger partial charge in [-0.2, -0.15) is 0 Å². The van der Waals surface area contributed by atoms with Gasteiger partial charge in [-0.1, -0.05) is 18.9 Å². The molecule has 3 rings (SSSR count). The van der Waals surface area contributed by atoms with E-state index in [0.29, 0.717) is 24.2 Å². The van der Waals surface area contributed by atoms with Crippen LogP contribution in [0.5, 0.6) is 0 Å². The number of aryl methyl sites for hydroxylation is 1. The summed E-state index contributed by atoms with van der Waals surface area (Å²) in [5, 5.41) is 6.16. The van der Waals surface area contributed by atoms with Gasteiger partial charge in [-0.25, -0.2) is 4.98 Å². The lowest BCUT2D eigenvalue weighted by Gasteiger charge is -2.25. The molecular formula is C19H29N5O. The minimum atomic E-state index is -0.0343. The van der Waals surface area contributed by atoms with Crippen LogP contribution in [0.1, 0.15) is 44.1 Å². The van der Waals surface area contributed by atoms with Crippen molar-refractivity contribution < 1.29 is 4.79 Å². The van der Waals surface area contributed by atoms with Crippen LogP contribution in [-0.4, -0.2) is 48.4 Å². The molecule has 1 aliphatic heterocycles. The molecular weight excluding hydrogens is 314 g/mol. The number of hydrogen-bond acceptors (Lipinski definition) is 3. The van der Waals surface area contributed by atoms with E-state index in [9.17, 15) is 4.79 Å². The third-order valence-electron chi connectivity index (χ3n) is 5.43. The largest absolute Gasteiger partial charge is 0.356 e. The first kappa shape index (κ1) is 17.7. The minimum absolute atomic E-state index is 0.0343. The van der Waals surface area contributed by atoms with E-state index in [0.717, 1.165) is 24.6 Å². The van der Waals surface area contributed by atoms with E-state index >= 15 is 0 Å². The van der Waals surface area contributed by atoms with E-state index < -0.39 is 0 Å². The van der Waals surface area contributed by atoms with E-state index in [1.807, 2.05) is 26.1 Å². The highest BCUT2D eigenvalue weighted by Crippen LogP contribution is 2.45. The van der Waals surface area contributed by atoms with Crippen LogP contribution in [0.15, 0.2) is 23.3 Å². The third-order valence-corrected chi connectivity index (χ3v) is 5.43. The number of aromatic nitrogens is 1. The van der Waals surface area contributed by atoms with Gasteiger partial charge in [0.1, 0.15) is 5.82 Å². The first-order chi connectivity index (χ1) is 12.1. The number of amides is 1. The lowest BCUT2D eigenvalue weighted by Crippen LogP contribution is -2.42. The Morgan fingerprint density at radius 2 is 2.12 bits per heavy atom. The summed E-state index contributed by atoms with van der Waals surface area (Å²) in [6.45, 7) is 4.72. The fourth-order valence-corrected chi connectivity index (χ4v) is 4.02. The molecule has 25 heavy (non-hydrogen) atoms. The van der Waals surface area contributed by atoms with Gasteiger partial charge in [-0.15, -0.1) is 0 Å². The van der Waals surface area contributed by atoms with Gasteiger partial charge in [-0.3, -0.25) is 9.79 Å². The summed E-state index contributed by atoms with van der Waals surface area (Å²) in [6.07, 6.45) is 8.86. The van der Waals surface area contributed by atoms with Gasteiger partial charge in [0, 0.05) is 39.3 Å². The molecule has 6 nitrogen and oxygen atoms in total. The molecule has 1 amide bonds. The van der Waals surface area contributed by atoms with Crippen molar-refractivity contribution in [2.45, 2.75) is 45.4 Å². The first-order valence-electron chi connectivity index (χ1n) is 9.28. The number of guanidine groups is 1. The molecule has 1 saturated carbocycles. The summed E-state index contributed by atoms with van der Waals surface area (Å²) >= 11 is 0. The summed E-state index contributed by atoms with van der Waals surface area (Å²) in [5.41, 5.74) is 1.60. The zero-order valence-corrected chi connectivity index (χ0v) is 15.3. The number of rotatable bonds is 4. The minimum Gasteiger partial charge on any atom is -0.356 e. The van der Waals surface area contributed by atoms with Gasteiger partial charge in [0.25, 0.3) is 0 Å². The second kappa shape index (κ2) is 7.85. The van der Waals surface area contributed by atoms with Crippen LogP contribution in [0.3, 0.4) is 0 Å². The number of anilines is 1. The Bertz CT molecular complexity index is 619. The van der Waals surface area contributed by atoms with E-state index in [4.69, 9.17) is 0 Å². The average Bonchev–Trinajstić information content (AvgIpc) is 3.24. The van der Waals surface area contributed by atoms with Crippen molar-refractivity contribution in [1.29, 1.82) is 0 Å². The maximum atomic E-state index is 12.0. The highest BCUT2D eigenvalue weighted by atomic mass is 16.1. The van der Waals surface area contributed by atoms with Crippen LogP contribution in [0.4, 0.5) is 5.82 Å². The van der Waals surface area contributed by atoms with Gasteiger partial charge in [0.2, 0.25) is 5.91 Å². The van der Waals surface area contributed by atoms with Crippen LogP contribution in [0.2, 0.25) is 0 Å². The average molecular weight is 343 g/mol. The molecule has 0 radical (unpaired) electrons. The molecule has 1 aliphatic carbocycles. The van der Waals surface area contributed by atoms with Gasteiger partial charge in [-0.05, 0) is 43.2 Å². The van der Waals surface area contributed by atoms with Crippen molar-refractivity contribution >= 4 is 17.7 Å². The molecule has 2 N–H and O–H groups in total. The maximum Gasteiger partial charge on any atom is 0.227 e. The van der Waals surface area contributed by atoms with E-state index in [1.54, 1.807) is 6.20 Å². The molecule has 6 heteroatoms. The maximum absolute atomic E-state index is 12.0. The molecule has 2 fully saturated rings. The van der Waals surface area contributed by atoms with Gasteiger partial charge in [0.15, 0.2) is 5.96 Å². The van der Waals surface area contributed by atoms with Crippen molar-refractivity contribution in [3.05, 3.63) is 23.9 Å². The lowest BCUT2D eigenvalue weighted by atomic mass is 9.86. The zero-order valence-electron chi connectivity index (χ0n) is 15.3. The van der Waals surface area contributed by atoms with E-state index in [1.165, 1.54) is 32.1 Å². The molecule has 1 saturated heterocycles. The Morgan fingerprint density at radius 1 is 1.32 bits per heavy atom. The Labute approximate surface area is 150 Å². The Hall–Kier alpha value is -2.11. The highest BCUT2D eigenvalue weighted by Gasteiger charge is 2.40. The number of likely N-dealkylation sites (tertiary alicyclic amines) is 1. The summed E-state index contributed by atoms with van der Waals surface area (Å²) < 4.78 is 0. The fourth-order valence-electron chi connectivity index (χ4n) is 4.02. The molecule has 136 valence electrons.